The molecule has 3 rings (SSSR count). The topological polar surface area (TPSA) is 81.9 Å². The largest absolute Gasteiger partial charge is 0.481 e. The van der Waals surface area contributed by atoms with Crippen molar-refractivity contribution in [3.63, 3.8) is 0 Å². The summed E-state index contributed by atoms with van der Waals surface area (Å²) < 4.78 is 8.10. The molecular weight excluding hydrogens is 374 g/mol. The van der Waals surface area contributed by atoms with Crippen molar-refractivity contribution in [3.05, 3.63) is 59.3 Å². The van der Waals surface area contributed by atoms with Gasteiger partial charge < -0.3 is 10.1 Å². The Morgan fingerprint density at radius 3 is 2.71 bits per heavy atom. The lowest BCUT2D eigenvalue weighted by molar-refractivity contribution is -0.122. The third kappa shape index (κ3) is 3.96. The molecule has 0 bridgehead atoms. The van der Waals surface area contributed by atoms with Crippen LogP contribution in [-0.4, -0.2) is 32.2 Å². The molecule has 0 aliphatic rings. The highest BCUT2D eigenvalue weighted by Crippen LogP contribution is 2.18. The standard InChI is InChI=1S/C16H14BrN5O2/c1-11(16(23)19-13-4-2-3-12(17)9-13)24-15-7-5-14(6-8-15)22-10-18-20-21-22/h2-11H,1H3,(H,19,23)/t11-/m0/s1. The van der Waals surface area contributed by atoms with E-state index in [0.717, 1.165) is 10.2 Å². The molecule has 24 heavy (non-hydrogen) atoms. The second-order valence-electron chi connectivity index (χ2n) is 5.01. The number of nitrogens with one attached hydrogen (secondary N) is 1. The Morgan fingerprint density at radius 2 is 2.04 bits per heavy atom. The van der Waals surface area contributed by atoms with Crippen LogP contribution >= 0.6 is 15.9 Å². The van der Waals surface area contributed by atoms with Crippen molar-refractivity contribution < 1.29 is 9.53 Å². The molecule has 7 nitrogen and oxygen atoms in total. The first-order valence-corrected chi connectivity index (χ1v) is 7.97. The summed E-state index contributed by atoms with van der Waals surface area (Å²) in [7, 11) is 0. The molecule has 0 radical (unpaired) electrons. The van der Waals surface area contributed by atoms with E-state index in [0.29, 0.717) is 11.4 Å². The number of aromatic nitrogens is 4. The number of amides is 1. The molecule has 1 aromatic heterocycles. The van der Waals surface area contributed by atoms with Crippen molar-refractivity contribution in [3.8, 4) is 11.4 Å². The lowest BCUT2D eigenvalue weighted by atomic mass is 10.3. The maximum Gasteiger partial charge on any atom is 0.265 e. The lowest BCUT2D eigenvalue weighted by Gasteiger charge is -2.15. The normalized spacial score (nSPS) is 11.8. The quantitative estimate of drug-likeness (QED) is 0.727. The maximum atomic E-state index is 12.2. The van der Waals surface area contributed by atoms with Crippen LogP contribution in [0.3, 0.4) is 0 Å². The predicted molar refractivity (Wildman–Crippen MR) is 92.0 cm³/mol. The van der Waals surface area contributed by atoms with Gasteiger partial charge in [0.15, 0.2) is 6.10 Å². The van der Waals surface area contributed by atoms with Gasteiger partial charge in [-0.05, 0) is 59.8 Å². The smallest absolute Gasteiger partial charge is 0.265 e. The van der Waals surface area contributed by atoms with Gasteiger partial charge in [-0.1, -0.05) is 22.0 Å². The fourth-order valence-electron chi connectivity index (χ4n) is 2.02. The van der Waals surface area contributed by atoms with Gasteiger partial charge in [0.2, 0.25) is 0 Å². The van der Waals surface area contributed by atoms with E-state index in [9.17, 15) is 4.79 Å². The fourth-order valence-corrected chi connectivity index (χ4v) is 2.42. The Kier molecular flexibility index (Phi) is 4.85. The summed E-state index contributed by atoms with van der Waals surface area (Å²) in [6.07, 6.45) is 0.868. The summed E-state index contributed by atoms with van der Waals surface area (Å²) in [4.78, 5) is 12.2. The summed E-state index contributed by atoms with van der Waals surface area (Å²) in [6, 6.07) is 14.5. The Bertz CT molecular complexity index is 821. The highest BCUT2D eigenvalue weighted by atomic mass is 79.9. The average Bonchev–Trinajstić information content (AvgIpc) is 3.10. The first kappa shape index (κ1) is 16.1. The van der Waals surface area contributed by atoms with E-state index < -0.39 is 6.10 Å². The molecule has 122 valence electrons. The van der Waals surface area contributed by atoms with Crippen molar-refractivity contribution in [1.29, 1.82) is 0 Å². The van der Waals surface area contributed by atoms with Crippen molar-refractivity contribution in [2.75, 3.05) is 5.32 Å². The Morgan fingerprint density at radius 1 is 1.25 bits per heavy atom. The molecule has 1 N–H and O–H groups in total. The summed E-state index contributed by atoms with van der Waals surface area (Å²) in [5.41, 5.74) is 1.51. The number of hydrogen-bond acceptors (Lipinski definition) is 5. The van der Waals surface area contributed by atoms with E-state index in [1.54, 1.807) is 19.1 Å². The van der Waals surface area contributed by atoms with E-state index in [-0.39, 0.29) is 5.91 Å². The van der Waals surface area contributed by atoms with Gasteiger partial charge in [-0.25, -0.2) is 4.68 Å². The molecule has 0 fully saturated rings. The van der Waals surface area contributed by atoms with E-state index in [4.69, 9.17) is 4.74 Å². The van der Waals surface area contributed by atoms with Crippen molar-refractivity contribution in [2.45, 2.75) is 13.0 Å². The molecule has 0 unspecified atom stereocenters. The highest BCUT2D eigenvalue weighted by molar-refractivity contribution is 9.10. The average molecular weight is 388 g/mol. The molecule has 0 aliphatic heterocycles. The summed E-state index contributed by atoms with van der Waals surface area (Å²) in [6.45, 7) is 1.70. The van der Waals surface area contributed by atoms with Crippen molar-refractivity contribution in [2.24, 2.45) is 0 Å². The molecule has 1 atom stereocenters. The number of hydrogen-bond donors (Lipinski definition) is 1. The number of ether oxygens (including phenoxy) is 1. The number of tetrazole rings is 1. The third-order valence-electron chi connectivity index (χ3n) is 3.22. The van der Waals surface area contributed by atoms with Crippen LogP contribution in [0.2, 0.25) is 0 Å². The molecule has 0 aliphatic carbocycles. The number of benzene rings is 2. The number of anilines is 1. The van der Waals surface area contributed by atoms with E-state index in [2.05, 4.69) is 36.8 Å². The monoisotopic (exact) mass is 387 g/mol. The first-order chi connectivity index (χ1) is 11.6. The minimum absolute atomic E-state index is 0.224. The molecule has 1 heterocycles. The van der Waals surface area contributed by atoms with Crippen molar-refractivity contribution in [1.82, 2.24) is 20.2 Å². The van der Waals surface area contributed by atoms with Crippen molar-refractivity contribution >= 4 is 27.5 Å². The molecule has 0 saturated carbocycles. The van der Waals surface area contributed by atoms with Crippen LogP contribution in [0.5, 0.6) is 5.75 Å². The highest BCUT2D eigenvalue weighted by Gasteiger charge is 2.15. The molecule has 3 aromatic rings. The Balaban J connectivity index is 1.61. The molecule has 8 heteroatoms. The van der Waals surface area contributed by atoms with Crippen LogP contribution in [0.25, 0.3) is 5.69 Å². The SMILES string of the molecule is C[C@H](Oc1ccc(-n2cnnn2)cc1)C(=O)Nc1cccc(Br)c1. The number of halogens is 1. The van der Waals surface area contributed by atoms with Gasteiger partial charge in [0.1, 0.15) is 12.1 Å². The second-order valence-corrected chi connectivity index (χ2v) is 5.92. The minimum atomic E-state index is -0.636. The predicted octanol–water partition coefficient (Wildman–Crippen LogP) is 2.83. The van der Waals surface area contributed by atoms with Gasteiger partial charge in [-0.2, -0.15) is 0 Å². The maximum absolute atomic E-state index is 12.2. The number of nitrogens with zero attached hydrogens (tertiary/aromatic N) is 4. The Hall–Kier alpha value is -2.74. The van der Waals surface area contributed by atoms with E-state index >= 15 is 0 Å². The Labute approximate surface area is 146 Å². The van der Waals surface area contributed by atoms with E-state index in [1.807, 2.05) is 36.4 Å². The third-order valence-corrected chi connectivity index (χ3v) is 3.72. The van der Waals surface area contributed by atoms with Gasteiger partial charge >= 0.3 is 0 Å². The molecule has 0 saturated heterocycles. The zero-order valence-electron chi connectivity index (χ0n) is 12.8. The molecule has 1 amide bonds. The van der Waals surface area contributed by atoms with Crippen LogP contribution in [0.1, 0.15) is 6.92 Å². The van der Waals surface area contributed by atoms with Gasteiger partial charge in [-0.15, -0.1) is 5.10 Å². The van der Waals surface area contributed by atoms with Crippen LogP contribution in [0, 0.1) is 0 Å². The van der Waals surface area contributed by atoms with Crippen LogP contribution in [0.15, 0.2) is 59.3 Å². The van der Waals surface area contributed by atoms with E-state index in [1.165, 1.54) is 11.0 Å². The number of carbonyl (C=O) groups is 1. The number of rotatable bonds is 5. The van der Waals surface area contributed by atoms with Crippen LogP contribution < -0.4 is 10.1 Å². The van der Waals surface area contributed by atoms with Gasteiger partial charge in [-0.3, -0.25) is 4.79 Å². The molecule has 0 spiro atoms. The number of carbonyl (C=O) groups excluding carboxylic acids is 1. The lowest BCUT2D eigenvalue weighted by Crippen LogP contribution is -2.30. The zero-order chi connectivity index (χ0) is 16.9. The molecule has 2 aromatic carbocycles. The van der Waals surface area contributed by atoms with Gasteiger partial charge in [0.25, 0.3) is 5.91 Å². The van der Waals surface area contributed by atoms with Crippen LogP contribution in [-0.2, 0) is 4.79 Å². The minimum Gasteiger partial charge on any atom is -0.481 e. The van der Waals surface area contributed by atoms with Gasteiger partial charge in [0.05, 0.1) is 5.69 Å². The fraction of sp³-hybridized carbons (Fsp3) is 0.125. The summed E-state index contributed by atoms with van der Waals surface area (Å²) in [5.74, 6) is 0.362. The van der Waals surface area contributed by atoms with Gasteiger partial charge in [0, 0.05) is 10.2 Å². The molecular formula is C16H14BrN5O2. The summed E-state index contributed by atoms with van der Waals surface area (Å²) in [5, 5.41) is 13.8. The van der Waals surface area contributed by atoms with Crippen LogP contribution in [0.4, 0.5) is 5.69 Å². The first-order valence-electron chi connectivity index (χ1n) is 7.18. The summed E-state index contributed by atoms with van der Waals surface area (Å²) >= 11 is 3.37. The zero-order valence-corrected chi connectivity index (χ0v) is 14.3. The second kappa shape index (κ2) is 7.22.